The van der Waals surface area contributed by atoms with Crippen LogP contribution < -0.4 is 0 Å². The lowest BCUT2D eigenvalue weighted by atomic mass is 10.1. The van der Waals surface area contributed by atoms with Crippen molar-refractivity contribution >= 4 is 11.9 Å². The highest BCUT2D eigenvalue weighted by Gasteiger charge is 2.18. The molecule has 0 saturated carbocycles. The maximum absolute atomic E-state index is 11.3. The lowest BCUT2D eigenvalue weighted by Gasteiger charge is -2.09. The molecule has 92 valence electrons. The van der Waals surface area contributed by atoms with Gasteiger partial charge in [0, 0.05) is 18.5 Å². The summed E-state index contributed by atoms with van der Waals surface area (Å²) in [4.78, 5) is 23.8. The van der Waals surface area contributed by atoms with Crippen LogP contribution in [0.15, 0.2) is 24.3 Å². The quantitative estimate of drug-likeness (QED) is 0.798. The summed E-state index contributed by atoms with van der Waals surface area (Å²) in [7, 11) is 0. The van der Waals surface area contributed by atoms with E-state index in [1.54, 1.807) is 17.0 Å². The van der Waals surface area contributed by atoms with Crippen molar-refractivity contribution in [2.45, 2.75) is 12.8 Å². The van der Waals surface area contributed by atoms with E-state index in [1.165, 1.54) is 12.1 Å². The Morgan fingerprint density at radius 2 is 2.28 bits per heavy atom. The van der Waals surface area contributed by atoms with Crippen molar-refractivity contribution in [1.82, 2.24) is 4.90 Å². The molecule has 0 spiro atoms. The maximum atomic E-state index is 11.3. The predicted molar refractivity (Wildman–Crippen MR) is 66.1 cm³/mol. The molecule has 1 N–H and O–H groups in total. The number of nitrogens with zero attached hydrogens (tertiary/aromatic N) is 1. The van der Waals surface area contributed by atoms with E-state index in [9.17, 15) is 9.59 Å². The Morgan fingerprint density at radius 1 is 1.44 bits per heavy atom. The number of benzene rings is 1. The van der Waals surface area contributed by atoms with Gasteiger partial charge < -0.3 is 10.0 Å². The zero-order valence-electron chi connectivity index (χ0n) is 9.85. The monoisotopic (exact) mass is 243 g/mol. The molecule has 0 atom stereocenters. The summed E-state index contributed by atoms with van der Waals surface area (Å²) in [6, 6.07) is 6.47. The Morgan fingerprint density at radius 3 is 2.94 bits per heavy atom. The first-order valence-corrected chi connectivity index (χ1v) is 5.77. The SMILES string of the molecule is O=C(O)c1cccc(C#CCN2CCCC2=O)c1. The van der Waals surface area contributed by atoms with Crippen LogP contribution >= 0.6 is 0 Å². The van der Waals surface area contributed by atoms with Crippen molar-refractivity contribution in [2.24, 2.45) is 0 Å². The molecule has 0 aromatic heterocycles. The van der Waals surface area contributed by atoms with Crippen LogP contribution in [-0.2, 0) is 4.79 Å². The number of hydrogen-bond donors (Lipinski definition) is 1. The van der Waals surface area contributed by atoms with Crippen LogP contribution in [0.4, 0.5) is 0 Å². The van der Waals surface area contributed by atoms with Crippen molar-refractivity contribution in [3.63, 3.8) is 0 Å². The number of carboxylic acids is 1. The molecule has 18 heavy (non-hydrogen) atoms. The van der Waals surface area contributed by atoms with Gasteiger partial charge in [-0.3, -0.25) is 4.79 Å². The summed E-state index contributed by atoms with van der Waals surface area (Å²) in [5.74, 6) is 4.96. The van der Waals surface area contributed by atoms with E-state index >= 15 is 0 Å². The molecule has 1 heterocycles. The van der Waals surface area contributed by atoms with Gasteiger partial charge in [0.05, 0.1) is 12.1 Å². The number of carboxylic acid groups (broad SMARTS) is 1. The van der Waals surface area contributed by atoms with Crippen molar-refractivity contribution in [3.05, 3.63) is 35.4 Å². The Kier molecular flexibility index (Phi) is 3.63. The first-order valence-electron chi connectivity index (χ1n) is 5.77. The van der Waals surface area contributed by atoms with E-state index in [0.717, 1.165) is 13.0 Å². The third kappa shape index (κ3) is 2.89. The fourth-order valence-electron chi connectivity index (χ4n) is 1.84. The minimum atomic E-state index is -0.964. The van der Waals surface area contributed by atoms with Gasteiger partial charge in [0.1, 0.15) is 0 Å². The largest absolute Gasteiger partial charge is 0.478 e. The van der Waals surface area contributed by atoms with Gasteiger partial charge in [0.15, 0.2) is 0 Å². The molecule has 1 aromatic rings. The highest BCUT2D eigenvalue weighted by Crippen LogP contribution is 2.08. The number of amides is 1. The van der Waals surface area contributed by atoms with Crippen LogP contribution in [0.2, 0.25) is 0 Å². The topological polar surface area (TPSA) is 57.6 Å². The standard InChI is InChI=1S/C14H13NO3/c16-13-7-3-9-15(13)8-2-5-11-4-1-6-12(10-11)14(17)18/h1,4,6,10H,3,7-9H2,(H,17,18). The Hall–Kier alpha value is -2.28. The second-order valence-corrected chi connectivity index (χ2v) is 4.11. The number of aromatic carboxylic acids is 1. The second kappa shape index (κ2) is 5.37. The van der Waals surface area contributed by atoms with E-state index in [4.69, 9.17) is 5.11 Å². The molecule has 0 unspecified atom stereocenters. The number of carbonyl (C=O) groups is 2. The smallest absolute Gasteiger partial charge is 0.335 e. The molecule has 2 rings (SSSR count). The molecule has 1 saturated heterocycles. The van der Waals surface area contributed by atoms with E-state index in [1.807, 2.05) is 0 Å². The van der Waals surface area contributed by atoms with Gasteiger partial charge in [-0.15, -0.1) is 0 Å². The summed E-state index contributed by atoms with van der Waals surface area (Å²) < 4.78 is 0. The number of hydrogen-bond acceptors (Lipinski definition) is 2. The molecule has 1 amide bonds. The normalized spacial score (nSPS) is 14.2. The van der Waals surface area contributed by atoms with Crippen molar-refractivity contribution in [3.8, 4) is 11.8 Å². The first kappa shape index (κ1) is 12.2. The summed E-state index contributed by atoms with van der Waals surface area (Å²) in [6.45, 7) is 1.18. The molecule has 0 bridgehead atoms. The molecular weight excluding hydrogens is 230 g/mol. The van der Waals surface area contributed by atoms with E-state index in [2.05, 4.69) is 11.8 Å². The minimum Gasteiger partial charge on any atom is -0.478 e. The van der Waals surface area contributed by atoms with Crippen LogP contribution in [0.1, 0.15) is 28.8 Å². The maximum Gasteiger partial charge on any atom is 0.335 e. The first-order chi connectivity index (χ1) is 8.66. The average Bonchev–Trinajstić information content (AvgIpc) is 2.76. The number of carbonyl (C=O) groups excluding carboxylic acids is 1. The Bertz CT molecular complexity index is 539. The molecule has 4 nitrogen and oxygen atoms in total. The van der Waals surface area contributed by atoms with Crippen molar-refractivity contribution in [2.75, 3.05) is 13.1 Å². The molecule has 4 heteroatoms. The van der Waals surface area contributed by atoms with E-state index < -0.39 is 5.97 Å². The highest BCUT2D eigenvalue weighted by molar-refractivity contribution is 5.88. The van der Waals surface area contributed by atoms with Crippen LogP contribution in [0, 0.1) is 11.8 Å². The fourth-order valence-corrected chi connectivity index (χ4v) is 1.84. The van der Waals surface area contributed by atoms with Crippen LogP contribution in [-0.4, -0.2) is 35.0 Å². The summed E-state index contributed by atoms with van der Waals surface area (Å²) >= 11 is 0. The van der Waals surface area contributed by atoms with Gasteiger partial charge in [0.2, 0.25) is 5.91 Å². The van der Waals surface area contributed by atoms with Gasteiger partial charge >= 0.3 is 5.97 Å². The Labute approximate surface area is 105 Å². The van der Waals surface area contributed by atoms with E-state index in [-0.39, 0.29) is 11.5 Å². The third-order valence-corrected chi connectivity index (χ3v) is 2.78. The summed E-state index contributed by atoms with van der Waals surface area (Å²) in [5, 5.41) is 8.84. The molecule has 0 aliphatic carbocycles. The second-order valence-electron chi connectivity index (χ2n) is 4.11. The third-order valence-electron chi connectivity index (χ3n) is 2.78. The molecule has 1 fully saturated rings. The lowest BCUT2D eigenvalue weighted by molar-refractivity contribution is -0.127. The van der Waals surface area contributed by atoms with Gasteiger partial charge in [-0.1, -0.05) is 17.9 Å². The summed E-state index contributed by atoms with van der Waals surface area (Å²) in [5.41, 5.74) is 0.876. The molecule has 1 aliphatic rings. The van der Waals surface area contributed by atoms with Crippen LogP contribution in [0.25, 0.3) is 0 Å². The van der Waals surface area contributed by atoms with Gasteiger partial charge in [0.25, 0.3) is 0 Å². The van der Waals surface area contributed by atoms with Gasteiger partial charge in [-0.25, -0.2) is 4.79 Å². The predicted octanol–water partition coefficient (Wildman–Crippen LogP) is 1.36. The zero-order valence-corrected chi connectivity index (χ0v) is 9.85. The van der Waals surface area contributed by atoms with Gasteiger partial charge in [-0.2, -0.15) is 0 Å². The lowest BCUT2D eigenvalue weighted by Crippen LogP contribution is -2.24. The number of likely N-dealkylation sites (tertiary alicyclic amines) is 1. The van der Waals surface area contributed by atoms with Crippen LogP contribution in [0.3, 0.4) is 0 Å². The molecule has 1 aromatic carbocycles. The van der Waals surface area contributed by atoms with Gasteiger partial charge in [-0.05, 0) is 24.6 Å². The fraction of sp³-hybridized carbons (Fsp3) is 0.286. The Balaban J connectivity index is 2.03. The average molecular weight is 243 g/mol. The molecule has 0 radical (unpaired) electrons. The minimum absolute atomic E-state index is 0.142. The zero-order chi connectivity index (χ0) is 13.0. The van der Waals surface area contributed by atoms with E-state index in [0.29, 0.717) is 18.5 Å². The number of rotatable bonds is 2. The molecule has 1 aliphatic heterocycles. The highest BCUT2D eigenvalue weighted by atomic mass is 16.4. The molecular formula is C14H13NO3. The van der Waals surface area contributed by atoms with Crippen molar-refractivity contribution < 1.29 is 14.7 Å². The van der Waals surface area contributed by atoms with Crippen LogP contribution in [0.5, 0.6) is 0 Å². The van der Waals surface area contributed by atoms with Crippen molar-refractivity contribution in [1.29, 1.82) is 0 Å². The summed E-state index contributed by atoms with van der Waals surface area (Å²) in [6.07, 6.45) is 1.51.